The maximum Gasteiger partial charge on any atom is 0.319 e. The maximum atomic E-state index is 12.4. The van der Waals surface area contributed by atoms with E-state index < -0.39 is 10.0 Å². The van der Waals surface area contributed by atoms with Crippen molar-refractivity contribution in [2.45, 2.75) is 24.2 Å². The van der Waals surface area contributed by atoms with E-state index in [1.54, 1.807) is 19.1 Å². The molecule has 0 radical (unpaired) electrons. The summed E-state index contributed by atoms with van der Waals surface area (Å²) >= 11 is 0. The molecule has 0 aromatic heterocycles. The molecule has 162 valence electrons. The summed E-state index contributed by atoms with van der Waals surface area (Å²) in [5, 5.41) is 5.59. The summed E-state index contributed by atoms with van der Waals surface area (Å²) in [6.45, 7) is 2.18. The second-order valence-electron chi connectivity index (χ2n) is 7.23. The monoisotopic (exact) mass is 437 g/mol. The van der Waals surface area contributed by atoms with Gasteiger partial charge in [0, 0.05) is 18.2 Å². The van der Waals surface area contributed by atoms with Gasteiger partial charge in [0.05, 0.1) is 4.90 Å². The van der Waals surface area contributed by atoms with Gasteiger partial charge in [0.1, 0.15) is 0 Å². The van der Waals surface area contributed by atoms with Gasteiger partial charge >= 0.3 is 6.03 Å². The molecule has 2 amide bonds. The van der Waals surface area contributed by atoms with Crippen molar-refractivity contribution in [1.29, 1.82) is 0 Å². The lowest BCUT2D eigenvalue weighted by molar-refractivity contribution is 0.252. The Morgan fingerprint density at radius 1 is 0.903 bits per heavy atom. The van der Waals surface area contributed by atoms with Crippen LogP contribution in [0, 0.1) is 6.92 Å². The molecular formula is C24H27N3O3S. The van der Waals surface area contributed by atoms with E-state index in [1.165, 1.54) is 24.2 Å². The number of amides is 2. The highest BCUT2D eigenvalue weighted by molar-refractivity contribution is 7.89. The lowest BCUT2D eigenvalue weighted by Crippen LogP contribution is -2.30. The minimum atomic E-state index is -3.60. The van der Waals surface area contributed by atoms with Gasteiger partial charge in [-0.1, -0.05) is 66.7 Å². The van der Waals surface area contributed by atoms with E-state index in [9.17, 15) is 13.2 Å². The van der Waals surface area contributed by atoms with Crippen LogP contribution in [-0.2, 0) is 10.0 Å². The summed E-state index contributed by atoms with van der Waals surface area (Å²) < 4.78 is 26.6. The molecule has 3 aromatic rings. The van der Waals surface area contributed by atoms with Crippen molar-refractivity contribution in [3.05, 3.63) is 95.6 Å². The molecule has 3 aromatic carbocycles. The fourth-order valence-corrected chi connectivity index (χ4v) is 4.47. The van der Waals surface area contributed by atoms with Crippen LogP contribution in [0.4, 0.5) is 10.5 Å². The quantitative estimate of drug-likeness (QED) is 0.492. The third-order valence-corrected chi connectivity index (χ3v) is 6.68. The Labute approximate surface area is 183 Å². The summed E-state index contributed by atoms with van der Waals surface area (Å²) in [4.78, 5) is 12.5. The Bertz CT molecular complexity index is 1080. The van der Waals surface area contributed by atoms with Gasteiger partial charge in [0.25, 0.3) is 0 Å². The lowest BCUT2D eigenvalue weighted by atomic mass is 9.88. The van der Waals surface area contributed by atoms with Gasteiger partial charge in [-0.3, -0.25) is 0 Å². The minimum Gasteiger partial charge on any atom is -0.338 e. The number of anilines is 1. The van der Waals surface area contributed by atoms with E-state index >= 15 is 0 Å². The number of sulfonamides is 1. The van der Waals surface area contributed by atoms with Crippen LogP contribution < -0.4 is 15.4 Å². The third kappa shape index (κ3) is 5.93. The number of benzene rings is 3. The fourth-order valence-electron chi connectivity index (χ4n) is 3.48. The van der Waals surface area contributed by atoms with Crippen molar-refractivity contribution >= 4 is 21.7 Å². The first kappa shape index (κ1) is 22.5. The predicted molar refractivity (Wildman–Crippen MR) is 124 cm³/mol. The second kappa shape index (κ2) is 10.2. The van der Waals surface area contributed by atoms with Crippen LogP contribution in [0.1, 0.15) is 29.0 Å². The van der Waals surface area contributed by atoms with Crippen LogP contribution in [0.15, 0.2) is 83.8 Å². The minimum absolute atomic E-state index is 0.140. The first-order valence-electron chi connectivity index (χ1n) is 10.1. The van der Waals surface area contributed by atoms with Gasteiger partial charge in [0.15, 0.2) is 0 Å². The number of nitrogens with one attached hydrogen (secondary N) is 3. The summed E-state index contributed by atoms with van der Waals surface area (Å²) in [6.07, 6.45) is 0.731. The number of rotatable bonds is 8. The maximum absolute atomic E-state index is 12.4. The highest BCUT2D eigenvalue weighted by atomic mass is 32.2. The van der Waals surface area contributed by atoms with Crippen molar-refractivity contribution in [2.24, 2.45) is 0 Å². The molecule has 0 aliphatic heterocycles. The molecule has 7 heteroatoms. The van der Waals surface area contributed by atoms with Crippen molar-refractivity contribution < 1.29 is 13.2 Å². The third-order valence-electron chi connectivity index (χ3n) is 5.13. The summed E-state index contributed by atoms with van der Waals surface area (Å²) in [5.74, 6) is 0.162. The molecule has 0 aliphatic carbocycles. The normalized spacial score (nSPS) is 11.3. The lowest BCUT2D eigenvalue weighted by Gasteiger charge is -2.18. The van der Waals surface area contributed by atoms with Gasteiger partial charge in [-0.2, -0.15) is 0 Å². The average Bonchev–Trinajstić information content (AvgIpc) is 2.79. The zero-order chi connectivity index (χ0) is 22.3. The second-order valence-corrected chi connectivity index (χ2v) is 9.09. The molecule has 0 heterocycles. The van der Waals surface area contributed by atoms with Gasteiger partial charge < -0.3 is 10.6 Å². The summed E-state index contributed by atoms with van der Waals surface area (Å²) in [6, 6.07) is 24.8. The average molecular weight is 438 g/mol. The van der Waals surface area contributed by atoms with E-state index in [-0.39, 0.29) is 16.8 Å². The Morgan fingerprint density at radius 3 is 2.03 bits per heavy atom. The van der Waals surface area contributed by atoms with E-state index in [0.29, 0.717) is 17.8 Å². The number of hydrogen-bond acceptors (Lipinski definition) is 3. The molecule has 0 unspecified atom stereocenters. The molecule has 6 nitrogen and oxygen atoms in total. The van der Waals surface area contributed by atoms with Crippen LogP contribution in [0.5, 0.6) is 0 Å². The number of aryl methyl sites for hydroxylation is 1. The van der Waals surface area contributed by atoms with Gasteiger partial charge in [-0.25, -0.2) is 17.9 Å². The van der Waals surface area contributed by atoms with Gasteiger partial charge in [-0.05, 0) is 49.2 Å². The molecule has 0 spiro atoms. The topological polar surface area (TPSA) is 87.3 Å². The Kier molecular flexibility index (Phi) is 7.44. The number of hydrogen-bond donors (Lipinski definition) is 3. The van der Waals surface area contributed by atoms with E-state index in [2.05, 4.69) is 39.6 Å². The predicted octanol–water partition coefficient (Wildman–Crippen LogP) is 4.25. The largest absolute Gasteiger partial charge is 0.338 e. The van der Waals surface area contributed by atoms with E-state index in [1.807, 2.05) is 36.4 Å². The van der Waals surface area contributed by atoms with E-state index in [0.717, 1.165) is 6.42 Å². The standard InChI is InChI=1S/C24H27N3O3S/c1-18-13-14-21(17-23(18)31(29,30)25-2)27-24(28)26-16-15-22(19-9-5-3-6-10-19)20-11-7-4-8-12-20/h3-14,17,22,25H,15-16H2,1-2H3,(H2,26,27,28). The van der Waals surface area contributed by atoms with Crippen LogP contribution in [0.2, 0.25) is 0 Å². The fraction of sp³-hybridized carbons (Fsp3) is 0.208. The van der Waals surface area contributed by atoms with Crippen LogP contribution in [-0.4, -0.2) is 28.0 Å². The number of urea groups is 1. The molecule has 3 N–H and O–H groups in total. The van der Waals surface area contributed by atoms with Crippen LogP contribution in [0.3, 0.4) is 0 Å². The Balaban J connectivity index is 1.64. The number of carbonyl (C=O) groups is 1. The first-order chi connectivity index (χ1) is 14.9. The van der Waals surface area contributed by atoms with Crippen molar-refractivity contribution in [1.82, 2.24) is 10.0 Å². The van der Waals surface area contributed by atoms with Crippen molar-refractivity contribution in [3.8, 4) is 0 Å². The van der Waals surface area contributed by atoms with E-state index in [4.69, 9.17) is 0 Å². The van der Waals surface area contributed by atoms with Crippen LogP contribution >= 0.6 is 0 Å². The molecule has 3 rings (SSSR count). The first-order valence-corrected chi connectivity index (χ1v) is 11.6. The summed E-state index contributed by atoms with van der Waals surface area (Å²) in [5.41, 5.74) is 3.40. The molecule has 0 bridgehead atoms. The molecule has 0 aliphatic rings. The Morgan fingerprint density at radius 2 is 1.48 bits per heavy atom. The highest BCUT2D eigenvalue weighted by Gasteiger charge is 2.17. The highest BCUT2D eigenvalue weighted by Crippen LogP contribution is 2.27. The molecule has 0 atom stereocenters. The van der Waals surface area contributed by atoms with Crippen LogP contribution in [0.25, 0.3) is 0 Å². The smallest absolute Gasteiger partial charge is 0.319 e. The zero-order valence-electron chi connectivity index (χ0n) is 17.6. The Hall–Kier alpha value is -3.16. The molecule has 31 heavy (non-hydrogen) atoms. The SMILES string of the molecule is CNS(=O)(=O)c1cc(NC(=O)NCCC(c2ccccc2)c2ccccc2)ccc1C. The number of carbonyl (C=O) groups excluding carboxylic acids is 1. The molecule has 0 saturated heterocycles. The molecular weight excluding hydrogens is 410 g/mol. The van der Waals surface area contributed by atoms with Crippen molar-refractivity contribution in [3.63, 3.8) is 0 Å². The molecule has 0 fully saturated rings. The van der Waals surface area contributed by atoms with Gasteiger partial charge in [-0.15, -0.1) is 0 Å². The summed E-state index contributed by atoms with van der Waals surface area (Å²) in [7, 11) is -2.24. The van der Waals surface area contributed by atoms with Crippen molar-refractivity contribution in [2.75, 3.05) is 18.9 Å². The zero-order valence-corrected chi connectivity index (χ0v) is 18.4. The molecule has 0 saturated carbocycles. The van der Waals surface area contributed by atoms with Gasteiger partial charge in [0.2, 0.25) is 10.0 Å².